The van der Waals surface area contributed by atoms with Gasteiger partial charge in [0.05, 0.1) is 18.3 Å². The summed E-state index contributed by atoms with van der Waals surface area (Å²) in [5.74, 6) is 0.920. The Morgan fingerprint density at radius 1 is 1.30 bits per heavy atom. The van der Waals surface area contributed by atoms with Crippen LogP contribution in [0.4, 0.5) is 0 Å². The molecule has 4 heteroatoms. The smallest absolute Gasteiger partial charge is 0.119 e. The highest BCUT2D eigenvalue weighted by molar-refractivity contribution is 5.34. The van der Waals surface area contributed by atoms with Crippen LogP contribution in [0.1, 0.15) is 37.6 Å². The van der Waals surface area contributed by atoms with Crippen molar-refractivity contribution in [2.24, 2.45) is 7.05 Å². The maximum Gasteiger partial charge on any atom is 0.119 e. The summed E-state index contributed by atoms with van der Waals surface area (Å²) < 4.78 is 7.54. The van der Waals surface area contributed by atoms with Gasteiger partial charge < -0.3 is 10.1 Å². The molecule has 2 aromatic rings. The van der Waals surface area contributed by atoms with Crippen molar-refractivity contribution >= 4 is 0 Å². The molecule has 0 spiro atoms. The first-order chi connectivity index (χ1) is 9.74. The molecule has 1 atom stereocenters. The third-order valence-electron chi connectivity index (χ3n) is 3.10. The Kier molecular flexibility index (Phi) is 5.18. The Morgan fingerprint density at radius 3 is 2.80 bits per heavy atom. The monoisotopic (exact) mass is 273 g/mol. The van der Waals surface area contributed by atoms with Crippen molar-refractivity contribution in [1.29, 1.82) is 0 Å². The van der Waals surface area contributed by atoms with Crippen LogP contribution < -0.4 is 10.1 Å². The van der Waals surface area contributed by atoms with Gasteiger partial charge in [-0.2, -0.15) is 5.10 Å². The van der Waals surface area contributed by atoms with E-state index in [-0.39, 0.29) is 6.04 Å². The highest BCUT2D eigenvalue weighted by atomic mass is 16.5. The van der Waals surface area contributed by atoms with E-state index in [2.05, 4.69) is 36.4 Å². The molecule has 1 heterocycles. The molecule has 1 unspecified atom stereocenters. The van der Waals surface area contributed by atoms with Crippen LogP contribution in [0.15, 0.2) is 36.5 Å². The Labute approximate surface area is 120 Å². The molecule has 0 aliphatic heterocycles. The average molecular weight is 273 g/mol. The van der Waals surface area contributed by atoms with Gasteiger partial charge in [0.1, 0.15) is 5.75 Å². The van der Waals surface area contributed by atoms with E-state index in [0.717, 1.165) is 31.0 Å². The minimum Gasteiger partial charge on any atom is -0.494 e. The fourth-order valence-electron chi connectivity index (χ4n) is 2.19. The maximum absolute atomic E-state index is 5.71. The SMILES string of the molecule is CCCOc1cccc(C(NCC)c2ccn(C)n2)c1. The second kappa shape index (κ2) is 7.10. The van der Waals surface area contributed by atoms with Gasteiger partial charge in [-0.15, -0.1) is 0 Å². The zero-order valence-corrected chi connectivity index (χ0v) is 12.5. The van der Waals surface area contributed by atoms with Crippen LogP contribution >= 0.6 is 0 Å². The van der Waals surface area contributed by atoms with Crippen LogP contribution in [0.25, 0.3) is 0 Å². The normalized spacial score (nSPS) is 12.3. The summed E-state index contributed by atoms with van der Waals surface area (Å²) >= 11 is 0. The third-order valence-corrected chi connectivity index (χ3v) is 3.10. The fraction of sp³-hybridized carbons (Fsp3) is 0.438. The maximum atomic E-state index is 5.71. The van der Waals surface area contributed by atoms with Crippen molar-refractivity contribution in [3.8, 4) is 5.75 Å². The van der Waals surface area contributed by atoms with Crippen molar-refractivity contribution in [2.75, 3.05) is 13.2 Å². The molecule has 4 nitrogen and oxygen atoms in total. The van der Waals surface area contributed by atoms with E-state index in [1.165, 1.54) is 5.56 Å². The zero-order valence-electron chi connectivity index (χ0n) is 12.5. The Morgan fingerprint density at radius 2 is 2.15 bits per heavy atom. The summed E-state index contributed by atoms with van der Waals surface area (Å²) in [6.45, 7) is 5.85. The van der Waals surface area contributed by atoms with Crippen molar-refractivity contribution in [3.63, 3.8) is 0 Å². The molecule has 20 heavy (non-hydrogen) atoms. The molecule has 0 amide bonds. The number of rotatable bonds is 7. The molecule has 0 bridgehead atoms. The molecular weight excluding hydrogens is 250 g/mol. The molecule has 0 aliphatic carbocycles. The van der Waals surface area contributed by atoms with Crippen LogP contribution in [0, 0.1) is 0 Å². The molecular formula is C16H23N3O. The lowest BCUT2D eigenvalue weighted by molar-refractivity contribution is 0.317. The molecule has 0 aliphatic rings. The number of hydrogen-bond donors (Lipinski definition) is 1. The first kappa shape index (κ1) is 14.6. The summed E-state index contributed by atoms with van der Waals surface area (Å²) in [6.07, 6.45) is 2.98. The Balaban J connectivity index is 2.24. The van der Waals surface area contributed by atoms with Crippen molar-refractivity contribution in [2.45, 2.75) is 26.3 Å². The van der Waals surface area contributed by atoms with Gasteiger partial charge in [-0.1, -0.05) is 26.0 Å². The van der Waals surface area contributed by atoms with Gasteiger partial charge in [-0.25, -0.2) is 0 Å². The third kappa shape index (κ3) is 3.61. The number of aromatic nitrogens is 2. The zero-order chi connectivity index (χ0) is 14.4. The molecule has 0 saturated heterocycles. The van der Waals surface area contributed by atoms with Crippen molar-refractivity contribution in [3.05, 3.63) is 47.8 Å². The number of nitrogens with one attached hydrogen (secondary N) is 1. The predicted octanol–water partition coefficient (Wildman–Crippen LogP) is 2.91. The quantitative estimate of drug-likeness (QED) is 0.843. The Bertz CT molecular complexity index is 536. The number of nitrogens with zero attached hydrogens (tertiary/aromatic N) is 2. The summed E-state index contributed by atoms with van der Waals surface area (Å²) in [5, 5.41) is 7.99. The van der Waals surface area contributed by atoms with Gasteiger partial charge in [0.25, 0.3) is 0 Å². The van der Waals surface area contributed by atoms with E-state index >= 15 is 0 Å². The molecule has 2 rings (SSSR count). The minimum atomic E-state index is 0.103. The summed E-state index contributed by atoms with van der Waals surface area (Å²) in [7, 11) is 1.94. The lowest BCUT2D eigenvalue weighted by Gasteiger charge is -2.17. The van der Waals surface area contributed by atoms with E-state index < -0.39 is 0 Å². The number of benzene rings is 1. The summed E-state index contributed by atoms with van der Waals surface area (Å²) in [6, 6.07) is 10.4. The summed E-state index contributed by atoms with van der Waals surface area (Å²) in [4.78, 5) is 0. The molecule has 0 saturated carbocycles. The average Bonchev–Trinajstić information content (AvgIpc) is 2.89. The molecule has 0 radical (unpaired) electrons. The van der Waals surface area contributed by atoms with Gasteiger partial charge in [0.2, 0.25) is 0 Å². The van der Waals surface area contributed by atoms with Crippen molar-refractivity contribution in [1.82, 2.24) is 15.1 Å². The van der Waals surface area contributed by atoms with E-state index in [4.69, 9.17) is 4.74 Å². The highest BCUT2D eigenvalue weighted by Crippen LogP contribution is 2.24. The van der Waals surface area contributed by atoms with Gasteiger partial charge >= 0.3 is 0 Å². The van der Waals surface area contributed by atoms with Crippen LogP contribution in [-0.4, -0.2) is 22.9 Å². The molecule has 0 fully saturated rings. The van der Waals surface area contributed by atoms with E-state index in [0.29, 0.717) is 0 Å². The van der Waals surface area contributed by atoms with Gasteiger partial charge in [-0.05, 0) is 36.7 Å². The standard InChI is InChI=1S/C16H23N3O/c1-4-11-20-14-8-6-7-13(12-14)16(17-5-2)15-9-10-19(3)18-15/h6-10,12,16-17H,4-5,11H2,1-3H3. The van der Waals surface area contributed by atoms with Gasteiger partial charge in [0.15, 0.2) is 0 Å². The van der Waals surface area contributed by atoms with Gasteiger partial charge in [0, 0.05) is 13.2 Å². The molecule has 1 N–H and O–H groups in total. The van der Waals surface area contributed by atoms with Crippen LogP contribution in [0.5, 0.6) is 5.75 Å². The van der Waals surface area contributed by atoms with E-state index in [1.54, 1.807) is 0 Å². The first-order valence-electron chi connectivity index (χ1n) is 7.20. The second-order valence-electron chi connectivity index (χ2n) is 4.83. The van der Waals surface area contributed by atoms with E-state index in [1.807, 2.05) is 36.1 Å². The Hall–Kier alpha value is -1.81. The first-order valence-corrected chi connectivity index (χ1v) is 7.20. The number of ether oxygens (including phenoxy) is 1. The lowest BCUT2D eigenvalue weighted by Crippen LogP contribution is -2.22. The minimum absolute atomic E-state index is 0.103. The molecule has 1 aromatic carbocycles. The van der Waals surface area contributed by atoms with Crippen molar-refractivity contribution < 1.29 is 4.74 Å². The molecule has 108 valence electrons. The van der Waals surface area contributed by atoms with Crippen LogP contribution in [0.2, 0.25) is 0 Å². The summed E-state index contributed by atoms with van der Waals surface area (Å²) in [5.41, 5.74) is 2.21. The topological polar surface area (TPSA) is 39.1 Å². The largest absolute Gasteiger partial charge is 0.494 e. The van der Waals surface area contributed by atoms with Crippen LogP contribution in [0.3, 0.4) is 0 Å². The predicted molar refractivity (Wildman–Crippen MR) is 81.0 cm³/mol. The van der Waals surface area contributed by atoms with Crippen LogP contribution in [-0.2, 0) is 7.05 Å². The number of hydrogen-bond acceptors (Lipinski definition) is 3. The highest BCUT2D eigenvalue weighted by Gasteiger charge is 2.16. The lowest BCUT2D eigenvalue weighted by atomic mass is 10.0. The second-order valence-corrected chi connectivity index (χ2v) is 4.83. The molecule has 1 aromatic heterocycles. The number of aryl methyl sites for hydroxylation is 1. The van der Waals surface area contributed by atoms with Gasteiger partial charge in [-0.3, -0.25) is 4.68 Å². The fourth-order valence-corrected chi connectivity index (χ4v) is 2.19. The van der Waals surface area contributed by atoms with E-state index in [9.17, 15) is 0 Å².